The van der Waals surface area contributed by atoms with E-state index >= 15 is 0 Å². The minimum Gasteiger partial charge on any atom is -0.506 e. The lowest BCUT2D eigenvalue weighted by Gasteiger charge is -2.08. The standard InChI is InChI=1S/C8H12N2O2.C4H13N3.3C2H4O2/c1-5-8(12)7(2-9)6(4-11)3-10-5;5-1-3-7-4-2-6;3*1-2(3)4/h3,11-12H,2,4,9H2,1H3;7H,1-6H2;3*1H3,(H,3,4). The van der Waals surface area contributed by atoms with Crippen LogP contribution in [0.2, 0.25) is 0 Å². The van der Waals surface area contributed by atoms with Crippen LogP contribution in [0, 0.1) is 6.92 Å². The van der Waals surface area contributed by atoms with Crippen molar-refractivity contribution in [1.82, 2.24) is 10.3 Å². The fraction of sp³-hybridized carbons (Fsp3) is 0.556. The first-order chi connectivity index (χ1) is 14.3. The molecule has 0 aromatic carbocycles. The monoisotopic (exact) mass is 451 g/mol. The number of pyridine rings is 1. The number of aromatic hydroxyl groups is 1. The predicted octanol–water partition coefficient (Wildman–Crippen LogP) is -1.19. The zero-order valence-electron chi connectivity index (χ0n) is 18.5. The number of aryl methyl sites for hydroxylation is 1. The maximum atomic E-state index is 9.46. The van der Waals surface area contributed by atoms with Gasteiger partial charge in [0, 0.05) is 70.8 Å². The molecule has 182 valence electrons. The molecule has 1 rings (SSSR count). The SMILES string of the molecule is CC(=O)O.CC(=O)O.CC(=O)O.Cc1ncc(CO)c(CN)c1O.NCCNCCN. The molecular formula is C18H37N5O8. The summed E-state index contributed by atoms with van der Waals surface area (Å²) in [5, 5.41) is 43.6. The summed E-state index contributed by atoms with van der Waals surface area (Å²) in [5.74, 6) is -2.41. The lowest BCUT2D eigenvalue weighted by molar-refractivity contribution is -0.135. The third-order valence-corrected chi connectivity index (χ3v) is 2.45. The van der Waals surface area contributed by atoms with Crippen LogP contribution in [0.1, 0.15) is 37.6 Å². The van der Waals surface area contributed by atoms with Gasteiger partial charge in [-0.3, -0.25) is 19.4 Å². The number of nitrogens with one attached hydrogen (secondary N) is 1. The molecule has 1 aromatic rings. The quantitative estimate of drug-likeness (QED) is 0.231. The lowest BCUT2D eigenvalue weighted by Crippen LogP contribution is -2.27. The van der Waals surface area contributed by atoms with E-state index in [1.807, 2.05) is 0 Å². The van der Waals surface area contributed by atoms with Crippen molar-refractivity contribution >= 4 is 17.9 Å². The summed E-state index contributed by atoms with van der Waals surface area (Å²) in [6.07, 6.45) is 1.53. The van der Waals surface area contributed by atoms with E-state index < -0.39 is 17.9 Å². The summed E-state index contributed by atoms with van der Waals surface area (Å²) in [6.45, 7) is 8.14. The molecule has 0 aliphatic heterocycles. The van der Waals surface area contributed by atoms with E-state index in [0.717, 1.165) is 33.9 Å². The van der Waals surface area contributed by atoms with Gasteiger partial charge in [0.2, 0.25) is 0 Å². The maximum absolute atomic E-state index is 9.46. The number of aromatic nitrogens is 1. The summed E-state index contributed by atoms with van der Waals surface area (Å²) in [7, 11) is 0. The molecule has 31 heavy (non-hydrogen) atoms. The second-order valence-corrected chi connectivity index (χ2v) is 5.44. The molecule has 0 radical (unpaired) electrons. The van der Waals surface area contributed by atoms with Gasteiger partial charge in [-0.25, -0.2) is 0 Å². The Hall–Kier alpha value is -2.84. The predicted molar refractivity (Wildman–Crippen MR) is 115 cm³/mol. The van der Waals surface area contributed by atoms with E-state index in [1.165, 1.54) is 6.20 Å². The number of hydrogen-bond donors (Lipinski definition) is 9. The number of rotatable bonds is 6. The van der Waals surface area contributed by atoms with Crippen LogP contribution in [0.5, 0.6) is 5.75 Å². The fourth-order valence-corrected chi connectivity index (χ4v) is 1.38. The number of nitrogens with zero attached hydrogens (tertiary/aromatic N) is 1. The summed E-state index contributed by atoms with van der Waals surface area (Å²) >= 11 is 0. The molecule has 0 atom stereocenters. The molecule has 0 bridgehead atoms. The van der Waals surface area contributed by atoms with Crippen molar-refractivity contribution in [3.63, 3.8) is 0 Å². The van der Waals surface area contributed by atoms with E-state index in [9.17, 15) is 5.11 Å². The molecule has 13 nitrogen and oxygen atoms in total. The van der Waals surface area contributed by atoms with Gasteiger partial charge in [-0.15, -0.1) is 0 Å². The number of carboxylic acid groups (broad SMARTS) is 3. The van der Waals surface area contributed by atoms with Gasteiger partial charge in [-0.1, -0.05) is 0 Å². The summed E-state index contributed by atoms with van der Waals surface area (Å²) in [6, 6.07) is 0. The van der Waals surface area contributed by atoms with E-state index in [1.54, 1.807) is 6.92 Å². The summed E-state index contributed by atoms with van der Waals surface area (Å²) < 4.78 is 0. The number of aliphatic hydroxyl groups excluding tert-OH is 1. The van der Waals surface area contributed by atoms with Gasteiger partial charge < -0.3 is 48.1 Å². The van der Waals surface area contributed by atoms with E-state index in [-0.39, 0.29) is 18.9 Å². The normalized spacial score (nSPS) is 8.52. The van der Waals surface area contributed by atoms with Crippen LogP contribution in [0.3, 0.4) is 0 Å². The van der Waals surface area contributed by atoms with Gasteiger partial charge in [0.15, 0.2) is 0 Å². The van der Waals surface area contributed by atoms with Crippen molar-refractivity contribution in [1.29, 1.82) is 0 Å². The highest BCUT2D eigenvalue weighted by molar-refractivity contribution is 5.63. The third-order valence-electron chi connectivity index (χ3n) is 2.45. The zero-order valence-corrected chi connectivity index (χ0v) is 18.5. The molecule has 0 aliphatic carbocycles. The third kappa shape index (κ3) is 35.0. The van der Waals surface area contributed by atoms with Crippen LogP contribution in [-0.2, 0) is 27.5 Å². The second kappa shape index (κ2) is 25.2. The minimum absolute atomic E-state index is 0.0871. The van der Waals surface area contributed by atoms with Gasteiger partial charge in [0.1, 0.15) is 5.75 Å². The van der Waals surface area contributed by atoms with Crippen molar-refractivity contribution in [2.24, 2.45) is 17.2 Å². The highest BCUT2D eigenvalue weighted by Gasteiger charge is 2.08. The Morgan fingerprint density at radius 2 is 1.29 bits per heavy atom. The van der Waals surface area contributed by atoms with Crippen LogP contribution in [-0.4, -0.2) is 74.6 Å². The van der Waals surface area contributed by atoms with Crippen LogP contribution >= 0.6 is 0 Å². The highest BCUT2D eigenvalue weighted by atomic mass is 16.4. The van der Waals surface area contributed by atoms with Crippen molar-refractivity contribution in [2.45, 2.75) is 40.8 Å². The van der Waals surface area contributed by atoms with E-state index in [0.29, 0.717) is 29.9 Å². The lowest BCUT2D eigenvalue weighted by atomic mass is 10.1. The molecule has 1 aromatic heterocycles. The molecule has 13 heteroatoms. The molecule has 0 unspecified atom stereocenters. The molecule has 0 spiro atoms. The van der Waals surface area contributed by atoms with Gasteiger partial charge in [0.25, 0.3) is 17.9 Å². The Morgan fingerprint density at radius 1 is 0.935 bits per heavy atom. The number of carbonyl (C=O) groups is 3. The average molecular weight is 452 g/mol. The van der Waals surface area contributed by atoms with Crippen LogP contribution < -0.4 is 22.5 Å². The first-order valence-corrected chi connectivity index (χ1v) is 8.98. The van der Waals surface area contributed by atoms with Gasteiger partial charge in [-0.05, 0) is 6.92 Å². The van der Waals surface area contributed by atoms with Crippen molar-refractivity contribution in [3.05, 3.63) is 23.0 Å². The van der Waals surface area contributed by atoms with Gasteiger partial charge >= 0.3 is 0 Å². The van der Waals surface area contributed by atoms with Crippen molar-refractivity contribution in [3.8, 4) is 5.75 Å². The molecule has 12 N–H and O–H groups in total. The number of hydrogen-bond acceptors (Lipinski definition) is 10. The Bertz CT molecular complexity index is 570. The number of aliphatic carboxylic acids is 3. The second-order valence-electron chi connectivity index (χ2n) is 5.44. The molecule has 0 saturated carbocycles. The largest absolute Gasteiger partial charge is 0.506 e. The minimum atomic E-state index is -0.833. The molecular weight excluding hydrogens is 414 g/mol. The molecule has 0 saturated heterocycles. The first-order valence-electron chi connectivity index (χ1n) is 8.98. The van der Waals surface area contributed by atoms with Crippen molar-refractivity contribution in [2.75, 3.05) is 26.2 Å². The van der Waals surface area contributed by atoms with Crippen LogP contribution in [0.4, 0.5) is 0 Å². The number of aliphatic hydroxyl groups is 1. The smallest absolute Gasteiger partial charge is 0.300 e. The van der Waals surface area contributed by atoms with E-state index in [2.05, 4.69) is 10.3 Å². The number of nitrogens with two attached hydrogens (primary N) is 3. The van der Waals surface area contributed by atoms with Crippen molar-refractivity contribution < 1.29 is 39.9 Å². The Balaban J connectivity index is -0.000000164. The fourth-order valence-electron chi connectivity index (χ4n) is 1.38. The molecule has 0 amide bonds. The topological polar surface area (TPSA) is 255 Å². The summed E-state index contributed by atoms with van der Waals surface area (Å²) in [4.78, 5) is 30.9. The van der Waals surface area contributed by atoms with E-state index in [4.69, 9.17) is 52.0 Å². The number of carboxylic acids is 3. The summed E-state index contributed by atoms with van der Waals surface area (Å²) in [5.41, 5.74) is 17.4. The molecule has 0 aliphatic rings. The van der Waals surface area contributed by atoms with Gasteiger partial charge in [0.05, 0.1) is 12.3 Å². The first kappa shape index (κ1) is 35.6. The Labute approximate surface area is 181 Å². The zero-order chi connectivity index (χ0) is 25.4. The van der Waals surface area contributed by atoms with Crippen LogP contribution in [0.15, 0.2) is 6.20 Å². The molecule has 0 fully saturated rings. The Kier molecular flexibility index (Phi) is 28.9. The highest BCUT2D eigenvalue weighted by Crippen LogP contribution is 2.22. The van der Waals surface area contributed by atoms with Crippen LogP contribution in [0.25, 0.3) is 0 Å². The molecule has 1 heterocycles. The average Bonchev–Trinajstić information content (AvgIpc) is 2.63. The maximum Gasteiger partial charge on any atom is 0.300 e. The Morgan fingerprint density at radius 3 is 1.55 bits per heavy atom. The van der Waals surface area contributed by atoms with Gasteiger partial charge in [-0.2, -0.15) is 0 Å².